The van der Waals surface area contributed by atoms with Gasteiger partial charge in [0.2, 0.25) is 0 Å². The van der Waals surface area contributed by atoms with E-state index in [1.165, 1.54) is 6.07 Å². The second-order valence-electron chi connectivity index (χ2n) is 2.99. The van der Waals surface area contributed by atoms with Crippen molar-refractivity contribution in [3.05, 3.63) is 29.3 Å². The van der Waals surface area contributed by atoms with Gasteiger partial charge in [0.15, 0.2) is 0 Å². The summed E-state index contributed by atoms with van der Waals surface area (Å²) in [7, 11) is 0. The predicted molar refractivity (Wildman–Crippen MR) is 54.7 cm³/mol. The van der Waals surface area contributed by atoms with E-state index in [4.69, 9.17) is 0 Å². The number of carbonyl (C=O) groups excluding carboxylic acids is 1. The van der Waals surface area contributed by atoms with Crippen molar-refractivity contribution in [3.63, 3.8) is 0 Å². The number of carbonyl (C=O) groups is 1. The van der Waals surface area contributed by atoms with Crippen LogP contribution >= 0.6 is 12.6 Å². The molecule has 0 aliphatic rings. The Morgan fingerprint density at radius 3 is 2.50 bits per heavy atom. The minimum absolute atomic E-state index is 0.0675. The van der Waals surface area contributed by atoms with Crippen LogP contribution in [0.3, 0.4) is 0 Å². The average Bonchev–Trinajstić information content (AvgIpc) is 2.16. The number of hydrogen-bond donors (Lipinski definition) is 1. The molecule has 0 N–H and O–H groups in total. The van der Waals surface area contributed by atoms with Gasteiger partial charge in [-0.1, -0.05) is 0 Å². The maximum atomic E-state index is 12.4. The van der Waals surface area contributed by atoms with Crippen molar-refractivity contribution in [2.45, 2.75) is 18.0 Å². The number of rotatable bonds is 2. The number of ether oxygens (including phenoxy) is 1. The molecular formula is C10H9F3O2S. The second-order valence-corrected chi connectivity index (χ2v) is 3.50. The third-order valence-corrected chi connectivity index (χ3v) is 2.01. The fourth-order valence-corrected chi connectivity index (χ4v) is 1.39. The molecule has 16 heavy (non-hydrogen) atoms. The van der Waals surface area contributed by atoms with Gasteiger partial charge in [0.25, 0.3) is 0 Å². The van der Waals surface area contributed by atoms with Gasteiger partial charge >= 0.3 is 12.1 Å². The molecule has 1 aromatic rings. The topological polar surface area (TPSA) is 26.3 Å². The summed E-state index contributed by atoms with van der Waals surface area (Å²) in [5.41, 5.74) is -1.07. The maximum Gasteiger partial charge on any atom is 0.416 e. The van der Waals surface area contributed by atoms with E-state index in [0.29, 0.717) is 0 Å². The number of thiol groups is 1. The minimum atomic E-state index is -4.50. The molecule has 6 heteroatoms. The van der Waals surface area contributed by atoms with E-state index < -0.39 is 17.7 Å². The zero-order chi connectivity index (χ0) is 12.3. The molecule has 1 rings (SSSR count). The van der Waals surface area contributed by atoms with E-state index >= 15 is 0 Å². The van der Waals surface area contributed by atoms with E-state index in [1.807, 2.05) is 0 Å². The first-order valence-electron chi connectivity index (χ1n) is 4.43. The van der Waals surface area contributed by atoms with E-state index in [2.05, 4.69) is 17.4 Å². The molecule has 0 radical (unpaired) electrons. The lowest BCUT2D eigenvalue weighted by molar-refractivity contribution is -0.137. The number of hydrogen-bond acceptors (Lipinski definition) is 3. The van der Waals surface area contributed by atoms with Crippen LogP contribution in [0.5, 0.6) is 0 Å². The van der Waals surface area contributed by atoms with Crippen molar-refractivity contribution in [1.29, 1.82) is 0 Å². The van der Waals surface area contributed by atoms with Gasteiger partial charge in [-0.2, -0.15) is 13.2 Å². The highest BCUT2D eigenvalue weighted by Crippen LogP contribution is 2.31. The quantitative estimate of drug-likeness (QED) is 0.644. The highest BCUT2D eigenvalue weighted by Gasteiger charge is 2.31. The lowest BCUT2D eigenvalue weighted by Gasteiger charge is -2.09. The van der Waals surface area contributed by atoms with Crippen molar-refractivity contribution in [2.24, 2.45) is 0 Å². The zero-order valence-corrected chi connectivity index (χ0v) is 9.23. The number of benzene rings is 1. The maximum absolute atomic E-state index is 12.4. The highest BCUT2D eigenvalue weighted by molar-refractivity contribution is 7.80. The van der Waals surface area contributed by atoms with Crippen LogP contribution in [0.25, 0.3) is 0 Å². The normalized spacial score (nSPS) is 11.3. The lowest BCUT2D eigenvalue weighted by Crippen LogP contribution is -2.09. The largest absolute Gasteiger partial charge is 0.462 e. The molecule has 0 bridgehead atoms. The molecule has 0 saturated carbocycles. The smallest absolute Gasteiger partial charge is 0.416 e. The molecule has 88 valence electrons. The number of alkyl halides is 3. The molecule has 1 aromatic carbocycles. The average molecular weight is 250 g/mol. The summed E-state index contributed by atoms with van der Waals surface area (Å²) in [6.45, 7) is 1.68. The molecule has 0 atom stereocenters. The lowest BCUT2D eigenvalue weighted by atomic mass is 10.1. The molecule has 0 aliphatic carbocycles. The van der Waals surface area contributed by atoms with Crippen LogP contribution in [-0.2, 0) is 10.9 Å². The molecule has 0 unspecified atom stereocenters. The molecule has 0 aliphatic heterocycles. The molecular weight excluding hydrogens is 241 g/mol. The molecule has 0 amide bonds. The Balaban J connectivity index is 3.13. The van der Waals surface area contributed by atoms with E-state index in [9.17, 15) is 18.0 Å². The van der Waals surface area contributed by atoms with Gasteiger partial charge in [0, 0.05) is 4.90 Å². The van der Waals surface area contributed by atoms with Crippen molar-refractivity contribution in [2.75, 3.05) is 6.61 Å². The van der Waals surface area contributed by atoms with Crippen LogP contribution in [0, 0.1) is 0 Å². The van der Waals surface area contributed by atoms with Gasteiger partial charge in [-0.15, -0.1) is 12.6 Å². The minimum Gasteiger partial charge on any atom is -0.462 e. The van der Waals surface area contributed by atoms with Crippen LogP contribution in [0.15, 0.2) is 23.1 Å². The standard InChI is InChI=1S/C10H9F3O2S/c1-2-15-9(14)6-3-7(10(11,12)13)5-8(16)4-6/h3-5,16H,2H2,1H3. The highest BCUT2D eigenvalue weighted by atomic mass is 32.1. The molecule has 0 heterocycles. The van der Waals surface area contributed by atoms with Gasteiger partial charge in [0.05, 0.1) is 17.7 Å². The first kappa shape index (κ1) is 12.9. The van der Waals surface area contributed by atoms with Crippen LogP contribution in [0.1, 0.15) is 22.8 Å². The summed E-state index contributed by atoms with van der Waals surface area (Å²) >= 11 is 3.81. The second kappa shape index (κ2) is 4.78. The Morgan fingerprint density at radius 1 is 1.38 bits per heavy atom. The van der Waals surface area contributed by atoms with Crippen molar-refractivity contribution in [1.82, 2.24) is 0 Å². The summed E-state index contributed by atoms with van der Waals surface area (Å²) in [5.74, 6) is -0.788. The first-order chi connectivity index (χ1) is 7.34. The van der Waals surface area contributed by atoms with Crippen molar-refractivity contribution < 1.29 is 22.7 Å². The molecule has 0 spiro atoms. The van der Waals surface area contributed by atoms with Crippen molar-refractivity contribution in [3.8, 4) is 0 Å². The summed E-state index contributed by atoms with van der Waals surface area (Å²) in [4.78, 5) is 11.3. The summed E-state index contributed by atoms with van der Waals surface area (Å²) in [6.07, 6.45) is -4.50. The van der Waals surface area contributed by atoms with E-state index in [0.717, 1.165) is 12.1 Å². The summed E-state index contributed by atoms with van der Waals surface area (Å²) in [5, 5.41) is 0. The van der Waals surface area contributed by atoms with Crippen LogP contribution in [-0.4, -0.2) is 12.6 Å². The van der Waals surface area contributed by atoms with Gasteiger partial charge < -0.3 is 4.74 Å². The Hall–Kier alpha value is -1.17. The zero-order valence-electron chi connectivity index (χ0n) is 8.34. The van der Waals surface area contributed by atoms with Gasteiger partial charge in [-0.3, -0.25) is 0 Å². The van der Waals surface area contributed by atoms with Crippen LogP contribution in [0.4, 0.5) is 13.2 Å². The Kier molecular flexibility index (Phi) is 3.85. The van der Waals surface area contributed by atoms with Gasteiger partial charge in [-0.05, 0) is 25.1 Å². The molecule has 0 fully saturated rings. The fourth-order valence-electron chi connectivity index (χ4n) is 1.11. The number of esters is 1. The first-order valence-corrected chi connectivity index (χ1v) is 4.87. The Morgan fingerprint density at radius 2 is 2.00 bits per heavy atom. The Labute approximate surface area is 95.8 Å². The third-order valence-electron chi connectivity index (χ3n) is 1.76. The molecule has 0 saturated heterocycles. The number of halogens is 3. The Bertz CT molecular complexity index is 402. The molecule has 2 nitrogen and oxygen atoms in total. The van der Waals surface area contributed by atoms with Crippen molar-refractivity contribution >= 4 is 18.6 Å². The van der Waals surface area contributed by atoms with Gasteiger partial charge in [-0.25, -0.2) is 4.79 Å². The summed E-state index contributed by atoms with van der Waals surface area (Å²) in [6, 6.07) is 2.83. The molecule has 0 aromatic heterocycles. The summed E-state index contributed by atoms with van der Waals surface area (Å²) < 4.78 is 41.8. The van der Waals surface area contributed by atoms with E-state index in [-0.39, 0.29) is 17.1 Å². The third kappa shape index (κ3) is 3.16. The van der Waals surface area contributed by atoms with Crippen LogP contribution < -0.4 is 0 Å². The fraction of sp³-hybridized carbons (Fsp3) is 0.300. The van der Waals surface area contributed by atoms with Gasteiger partial charge in [0.1, 0.15) is 0 Å². The van der Waals surface area contributed by atoms with Crippen LogP contribution in [0.2, 0.25) is 0 Å². The SMILES string of the molecule is CCOC(=O)c1cc(S)cc(C(F)(F)F)c1. The van der Waals surface area contributed by atoms with E-state index in [1.54, 1.807) is 6.92 Å². The monoisotopic (exact) mass is 250 g/mol. The predicted octanol–water partition coefficient (Wildman–Crippen LogP) is 3.17.